The molecule has 6 aromatic rings. The Morgan fingerprint density at radius 3 is 2.19 bits per heavy atom. The van der Waals surface area contributed by atoms with E-state index in [-0.39, 0.29) is 0 Å². The molecular weight excluding hydrogens is 528 g/mol. The SMILES string of the molecule is C1=Cc2cccnc2N(c2cccc(-c3cccc4c3Nc3c(cccc3Oc3ccccn3)C=C4)c2)c2ccccc21. The number of nitrogens with zero attached hydrogens (tertiary/aromatic N) is 3. The molecule has 0 saturated heterocycles. The predicted molar refractivity (Wildman–Crippen MR) is 176 cm³/mol. The Labute approximate surface area is 250 Å². The minimum atomic E-state index is 0.549. The first-order valence-corrected chi connectivity index (χ1v) is 14.2. The first-order valence-electron chi connectivity index (χ1n) is 14.2. The van der Waals surface area contributed by atoms with Gasteiger partial charge in [0.25, 0.3) is 0 Å². The predicted octanol–water partition coefficient (Wildman–Crippen LogP) is 10.1. The van der Waals surface area contributed by atoms with Gasteiger partial charge in [0, 0.05) is 40.8 Å². The lowest BCUT2D eigenvalue weighted by molar-refractivity contribution is 0.465. The van der Waals surface area contributed by atoms with Crippen LogP contribution in [0.5, 0.6) is 11.6 Å². The van der Waals surface area contributed by atoms with Crippen molar-refractivity contribution in [2.45, 2.75) is 0 Å². The highest BCUT2D eigenvalue weighted by Crippen LogP contribution is 2.45. The maximum absolute atomic E-state index is 6.24. The number of benzene rings is 4. The number of hydrogen-bond donors (Lipinski definition) is 1. The molecule has 43 heavy (non-hydrogen) atoms. The maximum atomic E-state index is 6.24. The average Bonchev–Trinajstić information content (AvgIpc) is 3.36. The molecule has 2 aliphatic rings. The van der Waals surface area contributed by atoms with Crippen molar-refractivity contribution in [2.24, 2.45) is 0 Å². The van der Waals surface area contributed by atoms with Gasteiger partial charge in [0.1, 0.15) is 5.82 Å². The van der Waals surface area contributed by atoms with Crippen molar-refractivity contribution < 1.29 is 4.74 Å². The molecule has 0 saturated carbocycles. The number of pyridine rings is 2. The third-order valence-electron chi connectivity index (χ3n) is 7.76. The standard InChI is InChI=1S/C38H26N4O/c1-2-16-33-26(9-1)19-22-29-13-8-24-40-38(29)42(33)31-14-5-12-30(25-31)32-15-6-10-27-20-21-28-11-7-17-34(37(28)41-36(27)32)43-35-18-3-4-23-39-35/h1-25,41H. The Morgan fingerprint density at radius 2 is 1.28 bits per heavy atom. The van der Waals surface area contributed by atoms with Crippen molar-refractivity contribution in [1.29, 1.82) is 0 Å². The van der Waals surface area contributed by atoms with Crippen molar-refractivity contribution in [1.82, 2.24) is 9.97 Å². The zero-order chi connectivity index (χ0) is 28.6. The molecule has 1 N–H and O–H groups in total. The van der Waals surface area contributed by atoms with Crippen molar-refractivity contribution in [2.75, 3.05) is 10.2 Å². The summed E-state index contributed by atoms with van der Waals surface area (Å²) in [5.74, 6) is 2.17. The molecule has 8 rings (SSSR count). The van der Waals surface area contributed by atoms with E-state index in [9.17, 15) is 0 Å². The van der Waals surface area contributed by atoms with Crippen LogP contribution in [0.25, 0.3) is 35.4 Å². The van der Waals surface area contributed by atoms with Crippen LogP contribution in [0.2, 0.25) is 0 Å². The molecule has 0 fully saturated rings. The molecule has 4 aromatic carbocycles. The molecule has 0 radical (unpaired) electrons. The molecular formula is C38H26N4O. The van der Waals surface area contributed by atoms with E-state index in [0.29, 0.717) is 11.6 Å². The van der Waals surface area contributed by atoms with Crippen molar-refractivity contribution in [3.8, 4) is 22.8 Å². The first kappa shape index (κ1) is 24.8. The molecule has 2 aliphatic heterocycles. The van der Waals surface area contributed by atoms with E-state index in [1.54, 1.807) is 6.20 Å². The van der Waals surface area contributed by atoms with Gasteiger partial charge in [-0.3, -0.25) is 4.90 Å². The van der Waals surface area contributed by atoms with Crippen LogP contribution < -0.4 is 15.0 Å². The van der Waals surface area contributed by atoms with E-state index >= 15 is 0 Å². The number of hydrogen-bond acceptors (Lipinski definition) is 5. The highest BCUT2D eigenvalue weighted by atomic mass is 16.5. The molecule has 4 heterocycles. The van der Waals surface area contributed by atoms with Crippen LogP contribution in [0.3, 0.4) is 0 Å². The Morgan fingerprint density at radius 1 is 0.558 bits per heavy atom. The third-order valence-corrected chi connectivity index (χ3v) is 7.76. The zero-order valence-electron chi connectivity index (χ0n) is 23.2. The Hall–Kier alpha value is -5.94. The van der Waals surface area contributed by atoms with Gasteiger partial charge in [-0.1, -0.05) is 91.0 Å². The fourth-order valence-electron chi connectivity index (χ4n) is 5.75. The summed E-state index contributed by atoms with van der Waals surface area (Å²) in [5.41, 5.74) is 10.6. The molecule has 0 aliphatic carbocycles. The maximum Gasteiger partial charge on any atom is 0.219 e. The highest BCUT2D eigenvalue weighted by molar-refractivity contribution is 5.97. The Bertz CT molecular complexity index is 2000. The quantitative estimate of drug-likeness (QED) is 0.235. The number of nitrogens with one attached hydrogen (secondary N) is 1. The third kappa shape index (κ3) is 4.53. The van der Waals surface area contributed by atoms with Crippen LogP contribution in [0, 0.1) is 0 Å². The van der Waals surface area contributed by atoms with Gasteiger partial charge < -0.3 is 10.1 Å². The second kappa shape index (κ2) is 10.5. The number of ether oxygens (including phenoxy) is 1. The molecule has 204 valence electrons. The van der Waals surface area contributed by atoms with Crippen molar-refractivity contribution >= 4 is 52.9 Å². The van der Waals surface area contributed by atoms with Crippen LogP contribution in [-0.4, -0.2) is 9.97 Å². The fourth-order valence-corrected chi connectivity index (χ4v) is 5.75. The highest BCUT2D eigenvalue weighted by Gasteiger charge is 2.22. The van der Waals surface area contributed by atoms with E-state index < -0.39 is 0 Å². The molecule has 0 bridgehead atoms. The summed E-state index contributed by atoms with van der Waals surface area (Å²) >= 11 is 0. The lowest BCUT2D eigenvalue weighted by Gasteiger charge is -2.26. The van der Waals surface area contributed by atoms with Gasteiger partial charge in [0.2, 0.25) is 5.88 Å². The van der Waals surface area contributed by atoms with E-state index in [1.807, 2.05) is 42.6 Å². The molecule has 5 heteroatoms. The lowest BCUT2D eigenvalue weighted by Crippen LogP contribution is -2.13. The van der Waals surface area contributed by atoms with Gasteiger partial charge in [-0.2, -0.15) is 0 Å². The van der Waals surface area contributed by atoms with Gasteiger partial charge in [-0.25, -0.2) is 9.97 Å². The number of anilines is 5. The molecule has 5 nitrogen and oxygen atoms in total. The summed E-state index contributed by atoms with van der Waals surface area (Å²) in [5, 5.41) is 3.75. The average molecular weight is 555 g/mol. The minimum absolute atomic E-state index is 0.549. The Balaban J connectivity index is 1.24. The largest absolute Gasteiger partial charge is 0.437 e. The monoisotopic (exact) mass is 554 g/mol. The summed E-state index contributed by atoms with van der Waals surface area (Å²) in [7, 11) is 0. The molecule has 2 aromatic heterocycles. The summed E-state index contributed by atoms with van der Waals surface area (Å²) in [4.78, 5) is 11.4. The topological polar surface area (TPSA) is 50.3 Å². The normalized spacial score (nSPS) is 12.6. The smallest absolute Gasteiger partial charge is 0.219 e. The summed E-state index contributed by atoms with van der Waals surface area (Å²) < 4.78 is 6.24. The Kier molecular flexibility index (Phi) is 6.05. The lowest BCUT2D eigenvalue weighted by atomic mass is 9.99. The zero-order valence-corrected chi connectivity index (χ0v) is 23.2. The van der Waals surface area contributed by atoms with Gasteiger partial charge in [0.15, 0.2) is 5.75 Å². The van der Waals surface area contributed by atoms with E-state index in [0.717, 1.165) is 61.9 Å². The van der Waals surface area contributed by atoms with E-state index in [1.165, 1.54) is 0 Å². The first-order chi connectivity index (χ1) is 21.3. The van der Waals surface area contributed by atoms with Crippen LogP contribution in [0.1, 0.15) is 22.3 Å². The molecule has 0 unspecified atom stereocenters. The molecule has 0 amide bonds. The number of fused-ring (bicyclic) bond motifs is 4. The van der Waals surface area contributed by atoms with Gasteiger partial charge in [-0.05, 0) is 59.2 Å². The second-order valence-corrected chi connectivity index (χ2v) is 10.4. The van der Waals surface area contributed by atoms with Crippen LogP contribution in [-0.2, 0) is 0 Å². The van der Waals surface area contributed by atoms with Crippen molar-refractivity contribution in [3.63, 3.8) is 0 Å². The molecule has 0 atom stereocenters. The van der Waals surface area contributed by atoms with E-state index in [4.69, 9.17) is 9.72 Å². The van der Waals surface area contributed by atoms with E-state index in [2.05, 4.69) is 118 Å². The molecule has 0 spiro atoms. The van der Waals surface area contributed by atoms with Crippen LogP contribution in [0.15, 0.2) is 128 Å². The fraction of sp³-hybridized carbons (Fsp3) is 0. The van der Waals surface area contributed by atoms with Crippen LogP contribution in [0.4, 0.5) is 28.6 Å². The summed E-state index contributed by atoms with van der Waals surface area (Å²) in [6.45, 7) is 0. The number of para-hydroxylation sites is 3. The summed E-state index contributed by atoms with van der Waals surface area (Å²) in [6.07, 6.45) is 12.2. The van der Waals surface area contributed by atoms with Gasteiger partial charge >= 0.3 is 0 Å². The summed E-state index contributed by atoms with van der Waals surface area (Å²) in [6, 6.07) is 39.3. The van der Waals surface area contributed by atoms with Gasteiger partial charge in [0.05, 0.1) is 17.1 Å². The second-order valence-electron chi connectivity index (χ2n) is 10.4. The minimum Gasteiger partial charge on any atom is -0.437 e. The number of aromatic nitrogens is 2. The van der Waals surface area contributed by atoms with Gasteiger partial charge in [-0.15, -0.1) is 0 Å². The van der Waals surface area contributed by atoms with Crippen LogP contribution >= 0.6 is 0 Å². The number of rotatable bonds is 4. The van der Waals surface area contributed by atoms with Crippen molar-refractivity contribution in [3.05, 3.63) is 150 Å².